The molecule has 0 saturated carbocycles. The molecule has 0 bridgehead atoms. The third kappa shape index (κ3) is 33.1. The van der Waals surface area contributed by atoms with Crippen LogP contribution in [0.15, 0.2) is 0 Å². The van der Waals surface area contributed by atoms with Gasteiger partial charge in [0, 0.05) is 5.97 Å². The molecule has 0 amide bonds. The zero-order valence-corrected chi connectivity index (χ0v) is 28.4. The molecule has 0 radical (unpaired) electrons. The molecule has 0 aromatic carbocycles. The van der Waals surface area contributed by atoms with Gasteiger partial charge in [-0.2, -0.15) is 0 Å². The van der Waals surface area contributed by atoms with Crippen LogP contribution in [0.3, 0.4) is 0 Å². The average molecular weight is 534 g/mol. The quantitative estimate of drug-likeness (QED) is 0.0812. The number of carboxylic acids is 1. The standard InChI is InChI=1S/C32H65NO2.K/c1-3-5-7-9-11-13-15-17-19-21-25-29-33(31-27-23-24-28-32(34)35)30-26-22-20-18-16-14-12-10-8-6-4-2;/h3-31H2,1-2H3,(H,34,35);/q;+1/p-1. The van der Waals surface area contributed by atoms with Gasteiger partial charge in [0.2, 0.25) is 0 Å². The van der Waals surface area contributed by atoms with Crippen molar-refractivity contribution in [3.63, 3.8) is 0 Å². The van der Waals surface area contributed by atoms with Gasteiger partial charge in [0.1, 0.15) is 0 Å². The first-order valence-corrected chi connectivity index (χ1v) is 16.1. The van der Waals surface area contributed by atoms with Gasteiger partial charge >= 0.3 is 51.4 Å². The van der Waals surface area contributed by atoms with Gasteiger partial charge < -0.3 is 14.8 Å². The molecule has 0 heterocycles. The van der Waals surface area contributed by atoms with Crippen molar-refractivity contribution in [1.82, 2.24) is 4.90 Å². The number of nitrogens with zero attached hydrogens (tertiary/aromatic N) is 1. The molecule has 0 rings (SSSR count). The summed E-state index contributed by atoms with van der Waals surface area (Å²) in [7, 11) is 0. The van der Waals surface area contributed by atoms with Gasteiger partial charge in [-0.25, -0.2) is 0 Å². The number of aliphatic carboxylic acids is 1. The van der Waals surface area contributed by atoms with E-state index in [1.807, 2.05) is 0 Å². The van der Waals surface area contributed by atoms with Gasteiger partial charge in [-0.05, 0) is 51.7 Å². The van der Waals surface area contributed by atoms with Crippen LogP contribution in [0.5, 0.6) is 0 Å². The summed E-state index contributed by atoms with van der Waals surface area (Å²) in [5.41, 5.74) is 0. The third-order valence-corrected chi connectivity index (χ3v) is 7.51. The average Bonchev–Trinajstić information content (AvgIpc) is 2.84. The summed E-state index contributed by atoms with van der Waals surface area (Å²) in [5.74, 6) is -0.899. The molecule has 0 aromatic heterocycles. The van der Waals surface area contributed by atoms with Crippen LogP contribution >= 0.6 is 0 Å². The van der Waals surface area contributed by atoms with E-state index in [1.54, 1.807) is 0 Å². The van der Waals surface area contributed by atoms with Crippen molar-refractivity contribution < 1.29 is 61.3 Å². The fourth-order valence-electron chi connectivity index (χ4n) is 5.12. The first kappa shape index (κ1) is 39.2. The molecular formula is C32H64KNO2. The Balaban J connectivity index is 0. The van der Waals surface area contributed by atoms with Gasteiger partial charge in [-0.1, -0.05) is 149 Å². The summed E-state index contributed by atoms with van der Waals surface area (Å²) in [6, 6.07) is 0. The molecule has 36 heavy (non-hydrogen) atoms. The van der Waals surface area contributed by atoms with Crippen LogP contribution < -0.4 is 56.5 Å². The molecule has 0 N–H and O–H groups in total. The molecule has 0 aliphatic rings. The Kier molecular flexibility index (Phi) is 37.1. The molecule has 210 valence electrons. The first-order chi connectivity index (χ1) is 17.2. The van der Waals surface area contributed by atoms with E-state index in [9.17, 15) is 9.90 Å². The van der Waals surface area contributed by atoms with Crippen molar-refractivity contribution in [3.05, 3.63) is 0 Å². The second-order valence-electron chi connectivity index (χ2n) is 11.1. The van der Waals surface area contributed by atoms with Crippen LogP contribution in [-0.4, -0.2) is 30.5 Å². The maximum Gasteiger partial charge on any atom is 1.00 e. The molecule has 3 nitrogen and oxygen atoms in total. The molecular weight excluding hydrogens is 469 g/mol. The van der Waals surface area contributed by atoms with Crippen molar-refractivity contribution in [1.29, 1.82) is 0 Å². The molecule has 0 fully saturated rings. The molecule has 0 aromatic rings. The van der Waals surface area contributed by atoms with Gasteiger partial charge in [0.25, 0.3) is 0 Å². The summed E-state index contributed by atoms with van der Waals surface area (Å²) in [5, 5.41) is 10.6. The SMILES string of the molecule is CCCCCCCCCCCCCN(CCCCCCCCCCCCC)CCCCCC(=O)[O-].[K+]. The monoisotopic (exact) mass is 533 g/mol. The summed E-state index contributed by atoms with van der Waals surface area (Å²) in [6.07, 6.45) is 34.0. The van der Waals surface area contributed by atoms with E-state index in [0.717, 1.165) is 25.8 Å². The number of carboxylic acid groups (broad SMARTS) is 1. The summed E-state index contributed by atoms with van der Waals surface area (Å²) >= 11 is 0. The van der Waals surface area contributed by atoms with Crippen LogP contribution in [0, 0.1) is 0 Å². The van der Waals surface area contributed by atoms with Crippen molar-refractivity contribution in [2.75, 3.05) is 19.6 Å². The first-order valence-electron chi connectivity index (χ1n) is 16.1. The fraction of sp³-hybridized carbons (Fsp3) is 0.969. The second kappa shape index (κ2) is 34.1. The Morgan fingerprint density at radius 1 is 0.444 bits per heavy atom. The molecule has 0 aliphatic heterocycles. The minimum atomic E-state index is -0.899. The maximum atomic E-state index is 10.6. The Bertz CT molecular complexity index is 393. The minimum absolute atomic E-state index is 0. The van der Waals surface area contributed by atoms with Crippen LogP contribution in [0.4, 0.5) is 0 Å². The normalized spacial score (nSPS) is 11.2. The zero-order chi connectivity index (χ0) is 25.7. The van der Waals surface area contributed by atoms with Gasteiger partial charge in [-0.15, -0.1) is 0 Å². The molecule has 0 unspecified atom stereocenters. The maximum absolute atomic E-state index is 10.6. The topological polar surface area (TPSA) is 43.4 Å². The predicted octanol–water partition coefficient (Wildman–Crippen LogP) is 6.22. The van der Waals surface area contributed by atoms with E-state index in [-0.39, 0.29) is 57.8 Å². The van der Waals surface area contributed by atoms with Crippen LogP contribution in [0.25, 0.3) is 0 Å². The van der Waals surface area contributed by atoms with Gasteiger partial charge in [-0.3, -0.25) is 0 Å². The van der Waals surface area contributed by atoms with Crippen molar-refractivity contribution in [2.45, 2.75) is 181 Å². The largest absolute Gasteiger partial charge is 1.00 e. The van der Waals surface area contributed by atoms with Crippen molar-refractivity contribution >= 4 is 5.97 Å². The van der Waals surface area contributed by atoms with E-state index in [2.05, 4.69) is 18.7 Å². The third-order valence-electron chi connectivity index (χ3n) is 7.51. The fourth-order valence-corrected chi connectivity index (χ4v) is 5.12. The second-order valence-corrected chi connectivity index (χ2v) is 11.1. The number of hydrogen-bond acceptors (Lipinski definition) is 3. The Morgan fingerprint density at radius 3 is 0.972 bits per heavy atom. The smallest absolute Gasteiger partial charge is 0.550 e. The van der Waals surface area contributed by atoms with Gasteiger partial charge in [0.05, 0.1) is 0 Å². The van der Waals surface area contributed by atoms with E-state index in [0.29, 0.717) is 0 Å². The molecule has 0 spiro atoms. The molecule has 0 aliphatic carbocycles. The number of unbranched alkanes of at least 4 members (excludes halogenated alkanes) is 22. The summed E-state index contributed by atoms with van der Waals surface area (Å²) < 4.78 is 0. The Labute approximate surface area is 270 Å². The number of hydrogen-bond donors (Lipinski definition) is 0. The van der Waals surface area contributed by atoms with E-state index < -0.39 is 5.97 Å². The van der Waals surface area contributed by atoms with Crippen molar-refractivity contribution in [3.8, 4) is 0 Å². The number of carbonyl (C=O) groups is 1. The summed E-state index contributed by atoms with van der Waals surface area (Å²) in [6.45, 7) is 8.18. The zero-order valence-electron chi connectivity index (χ0n) is 25.3. The molecule has 4 heteroatoms. The van der Waals surface area contributed by atoms with E-state index in [4.69, 9.17) is 0 Å². The molecule has 0 atom stereocenters. The van der Waals surface area contributed by atoms with Crippen molar-refractivity contribution in [2.24, 2.45) is 0 Å². The van der Waals surface area contributed by atoms with E-state index in [1.165, 1.54) is 154 Å². The number of carbonyl (C=O) groups excluding carboxylic acids is 1. The van der Waals surface area contributed by atoms with Crippen LogP contribution in [0.2, 0.25) is 0 Å². The Morgan fingerprint density at radius 2 is 0.694 bits per heavy atom. The minimum Gasteiger partial charge on any atom is -0.550 e. The summed E-state index contributed by atoms with van der Waals surface area (Å²) in [4.78, 5) is 13.3. The predicted molar refractivity (Wildman–Crippen MR) is 153 cm³/mol. The molecule has 0 saturated heterocycles. The van der Waals surface area contributed by atoms with Gasteiger partial charge in [0.15, 0.2) is 0 Å². The number of rotatable bonds is 30. The van der Waals surface area contributed by atoms with E-state index >= 15 is 0 Å². The Hall–Kier alpha value is 1.07. The van der Waals surface area contributed by atoms with Crippen LogP contribution in [-0.2, 0) is 4.79 Å². The van der Waals surface area contributed by atoms with Crippen LogP contribution in [0.1, 0.15) is 181 Å².